The van der Waals surface area contributed by atoms with E-state index in [1.807, 2.05) is 6.07 Å². The third kappa shape index (κ3) is 2.58. The van der Waals surface area contributed by atoms with Crippen molar-refractivity contribution in [1.82, 2.24) is 9.55 Å². The van der Waals surface area contributed by atoms with E-state index in [0.29, 0.717) is 22.6 Å². The summed E-state index contributed by atoms with van der Waals surface area (Å²) in [5.74, 6) is -1.62. The van der Waals surface area contributed by atoms with E-state index in [1.54, 1.807) is 18.2 Å². The molecule has 2 aromatic carbocycles. The summed E-state index contributed by atoms with van der Waals surface area (Å²) in [4.78, 5) is 16.8. The maximum Gasteiger partial charge on any atom is 0.297 e. The zero-order valence-electron chi connectivity index (χ0n) is 12.8. The largest absolute Gasteiger partial charge is 0.448 e. The number of nitrogens with zero attached hydrogens (tertiary/aromatic N) is 2. The highest BCUT2D eigenvalue weighted by Crippen LogP contribution is 2.25. The standard InChI is InChI=1S/C18H12F2N2O3/c19-10-5-6-11(13(20)7-10)14(23)8-22-9-21-16-12-3-1-2-4-15(12)25-17(16)18(22)24/h1-7,9,14,23H,8H2/t14-/m0/s1. The van der Waals surface area contributed by atoms with E-state index in [4.69, 9.17) is 4.42 Å². The van der Waals surface area contributed by atoms with Gasteiger partial charge in [-0.05, 0) is 18.2 Å². The first-order valence-corrected chi connectivity index (χ1v) is 7.54. The third-order valence-electron chi connectivity index (χ3n) is 4.04. The number of hydrogen-bond donors (Lipinski definition) is 1. The smallest absolute Gasteiger partial charge is 0.297 e. The van der Waals surface area contributed by atoms with E-state index in [0.717, 1.165) is 16.7 Å². The van der Waals surface area contributed by atoms with Gasteiger partial charge >= 0.3 is 0 Å². The number of benzene rings is 2. The second kappa shape index (κ2) is 5.78. The predicted octanol–water partition coefficient (Wildman–Crippen LogP) is 3.15. The van der Waals surface area contributed by atoms with Crippen LogP contribution in [-0.4, -0.2) is 14.7 Å². The van der Waals surface area contributed by atoms with Crippen LogP contribution < -0.4 is 5.56 Å². The maximum absolute atomic E-state index is 13.8. The molecule has 0 aliphatic heterocycles. The number of aliphatic hydroxyl groups excluding tert-OH is 1. The average molecular weight is 342 g/mol. The molecule has 0 unspecified atom stereocenters. The number of fused-ring (bicyclic) bond motifs is 3. The van der Waals surface area contributed by atoms with Crippen LogP contribution in [0.3, 0.4) is 0 Å². The van der Waals surface area contributed by atoms with E-state index < -0.39 is 23.3 Å². The molecule has 5 nitrogen and oxygen atoms in total. The van der Waals surface area contributed by atoms with E-state index >= 15 is 0 Å². The van der Waals surface area contributed by atoms with Gasteiger partial charge in [0.25, 0.3) is 5.56 Å². The van der Waals surface area contributed by atoms with Gasteiger partial charge in [-0.15, -0.1) is 0 Å². The van der Waals surface area contributed by atoms with Crippen LogP contribution in [0.1, 0.15) is 11.7 Å². The van der Waals surface area contributed by atoms with Gasteiger partial charge in [0.15, 0.2) is 0 Å². The second-order valence-electron chi connectivity index (χ2n) is 5.66. The summed E-state index contributed by atoms with van der Waals surface area (Å²) in [5.41, 5.74) is 0.445. The van der Waals surface area contributed by atoms with Crippen LogP contribution in [-0.2, 0) is 6.54 Å². The minimum Gasteiger partial charge on any atom is -0.448 e. The molecule has 126 valence electrons. The van der Waals surface area contributed by atoms with Crippen LogP contribution in [0.2, 0.25) is 0 Å². The van der Waals surface area contributed by atoms with E-state index in [2.05, 4.69) is 4.98 Å². The average Bonchev–Trinajstić information content (AvgIpc) is 2.97. The van der Waals surface area contributed by atoms with Crippen molar-refractivity contribution in [2.75, 3.05) is 0 Å². The minimum atomic E-state index is -1.33. The molecule has 2 heterocycles. The van der Waals surface area contributed by atoms with Gasteiger partial charge in [0, 0.05) is 17.0 Å². The summed E-state index contributed by atoms with van der Waals surface area (Å²) in [6.45, 7) is -0.235. The molecule has 0 aliphatic rings. The lowest BCUT2D eigenvalue weighted by Gasteiger charge is -2.13. The summed E-state index contributed by atoms with van der Waals surface area (Å²) in [5, 5.41) is 10.9. The van der Waals surface area contributed by atoms with Gasteiger partial charge in [-0.3, -0.25) is 9.36 Å². The van der Waals surface area contributed by atoms with Gasteiger partial charge in [0.1, 0.15) is 22.7 Å². The normalized spacial score (nSPS) is 12.8. The lowest BCUT2D eigenvalue weighted by Crippen LogP contribution is -2.23. The quantitative estimate of drug-likeness (QED) is 0.621. The molecule has 25 heavy (non-hydrogen) atoms. The molecule has 4 aromatic rings. The van der Waals surface area contributed by atoms with E-state index in [9.17, 15) is 18.7 Å². The fourth-order valence-corrected chi connectivity index (χ4v) is 2.80. The van der Waals surface area contributed by atoms with Crippen LogP contribution >= 0.6 is 0 Å². The zero-order valence-corrected chi connectivity index (χ0v) is 12.8. The van der Waals surface area contributed by atoms with Crippen LogP contribution in [0.25, 0.3) is 22.1 Å². The van der Waals surface area contributed by atoms with E-state index in [1.165, 1.54) is 6.33 Å². The first kappa shape index (κ1) is 15.5. The van der Waals surface area contributed by atoms with Crippen LogP contribution in [0.4, 0.5) is 8.78 Å². The highest BCUT2D eigenvalue weighted by Gasteiger charge is 2.18. The Morgan fingerprint density at radius 2 is 2.00 bits per heavy atom. The Labute approximate surface area is 139 Å². The number of rotatable bonds is 3. The van der Waals surface area contributed by atoms with Gasteiger partial charge in [0.05, 0.1) is 19.0 Å². The van der Waals surface area contributed by atoms with Gasteiger partial charge in [-0.25, -0.2) is 13.8 Å². The first-order chi connectivity index (χ1) is 12.0. The van der Waals surface area contributed by atoms with Crippen molar-refractivity contribution in [3.8, 4) is 0 Å². The molecule has 0 bridgehead atoms. The van der Waals surface area contributed by atoms with Crippen molar-refractivity contribution in [3.63, 3.8) is 0 Å². The van der Waals surface area contributed by atoms with Gasteiger partial charge in [-0.1, -0.05) is 18.2 Å². The summed E-state index contributed by atoms with van der Waals surface area (Å²) in [7, 11) is 0. The van der Waals surface area contributed by atoms with Crippen LogP contribution in [0.15, 0.2) is 58.0 Å². The van der Waals surface area contributed by atoms with Crippen LogP contribution in [0, 0.1) is 11.6 Å². The minimum absolute atomic E-state index is 0.0653. The van der Waals surface area contributed by atoms with Crippen LogP contribution in [0.5, 0.6) is 0 Å². The molecule has 0 fully saturated rings. The van der Waals surface area contributed by atoms with Crippen molar-refractivity contribution >= 4 is 22.1 Å². The topological polar surface area (TPSA) is 68.3 Å². The fourth-order valence-electron chi connectivity index (χ4n) is 2.80. The number of furan rings is 1. The molecular formula is C18H12F2N2O3. The molecule has 0 saturated carbocycles. The Balaban J connectivity index is 1.75. The number of para-hydroxylation sites is 1. The SMILES string of the molecule is O=c1c2oc3ccccc3c2ncn1C[C@H](O)c1ccc(F)cc1F. The van der Waals surface area contributed by atoms with Gasteiger partial charge < -0.3 is 9.52 Å². The summed E-state index contributed by atoms with van der Waals surface area (Å²) in [6.07, 6.45) is -0.0565. The molecule has 1 N–H and O–H groups in total. The zero-order chi connectivity index (χ0) is 17.6. The predicted molar refractivity (Wildman–Crippen MR) is 87.1 cm³/mol. The van der Waals surface area contributed by atoms with Crippen molar-refractivity contribution in [1.29, 1.82) is 0 Å². The van der Waals surface area contributed by atoms with Crippen molar-refractivity contribution in [2.24, 2.45) is 0 Å². The summed E-state index contributed by atoms with van der Waals surface area (Å²) in [6, 6.07) is 9.99. The van der Waals surface area contributed by atoms with Crippen molar-refractivity contribution in [3.05, 3.63) is 76.3 Å². The highest BCUT2D eigenvalue weighted by molar-refractivity contribution is 6.01. The third-order valence-corrected chi connectivity index (χ3v) is 4.04. The number of halogens is 2. The van der Waals surface area contributed by atoms with Crippen molar-refractivity contribution in [2.45, 2.75) is 12.6 Å². The monoisotopic (exact) mass is 342 g/mol. The number of aromatic nitrogens is 2. The lowest BCUT2D eigenvalue weighted by atomic mass is 10.1. The Morgan fingerprint density at radius 1 is 1.20 bits per heavy atom. The van der Waals surface area contributed by atoms with Gasteiger partial charge in [0.2, 0.25) is 5.58 Å². The summed E-state index contributed by atoms with van der Waals surface area (Å²) >= 11 is 0. The molecule has 0 aliphatic carbocycles. The molecule has 7 heteroatoms. The first-order valence-electron chi connectivity index (χ1n) is 7.54. The molecular weight excluding hydrogens is 330 g/mol. The summed E-state index contributed by atoms with van der Waals surface area (Å²) < 4.78 is 33.4. The molecule has 4 rings (SSSR count). The lowest BCUT2D eigenvalue weighted by molar-refractivity contribution is 0.150. The molecule has 0 radical (unpaired) electrons. The second-order valence-corrected chi connectivity index (χ2v) is 5.66. The Bertz CT molecular complexity index is 1150. The molecule has 0 amide bonds. The molecule has 0 saturated heterocycles. The number of aliphatic hydroxyl groups is 1. The molecule has 1 atom stereocenters. The molecule has 0 spiro atoms. The highest BCUT2D eigenvalue weighted by atomic mass is 19.1. The Kier molecular flexibility index (Phi) is 3.58. The fraction of sp³-hybridized carbons (Fsp3) is 0.111. The Hall–Kier alpha value is -3.06. The number of hydrogen-bond acceptors (Lipinski definition) is 4. The maximum atomic E-state index is 13.8. The Morgan fingerprint density at radius 3 is 2.80 bits per heavy atom. The van der Waals surface area contributed by atoms with E-state index in [-0.39, 0.29) is 17.7 Å². The van der Waals surface area contributed by atoms with Gasteiger partial charge in [-0.2, -0.15) is 0 Å². The van der Waals surface area contributed by atoms with Crippen molar-refractivity contribution < 1.29 is 18.3 Å². The molecule has 2 aromatic heterocycles.